The van der Waals surface area contributed by atoms with Gasteiger partial charge in [-0.1, -0.05) is 6.42 Å². The van der Waals surface area contributed by atoms with E-state index < -0.39 is 5.97 Å². The number of likely N-dealkylation sites (tertiary alicyclic amines) is 1. The summed E-state index contributed by atoms with van der Waals surface area (Å²) in [5.74, 6) is -0.676. The molecular weight excluding hydrogens is 166 g/mol. The van der Waals surface area contributed by atoms with Gasteiger partial charge in [0.15, 0.2) is 0 Å². The summed E-state index contributed by atoms with van der Waals surface area (Å²) in [6, 6.07) is 0.655. The van der Waals surface area contributed by atoms with Crippen LogP contribution in [0.1, 0.15) is 39.0 Å². The minimum absolute atomic E-state index is 0.309. The van der Waals surface area contributed by atoms with Crippen molar-refractivity contribution in [2.24, 2.45) is 0 Å². The van der Waals surface area contributed by atoms with Gasteiger partial charge in [-0.3, -0.25) is 4.79 Å². The minimum Gasteiger partial charge on any atom is -0.481 e. The van der Waals surface area contributed by atoms with Crippen LogP contribution in [0.3, 0.4) is 0 Å². The Bertz CT molecular complexity index is 170. The van der Waals surface area contributed by atoms with Gasteiger partial charge in [0, 0.05) is 12.5 Å². The summed E-state index contributed by atoms with van der Waals surface area (Å²) in [4.78, 5) is 12.7. The van der Waals surface area contributed by atoms with Crippen molar-refractivity contribution in [1.29, 1.82) is 0 Å². The Morgan fingerprint density at radius 2 is 2.31 bits per heavy atom. The Morgan fingerprint density at radius 1 is 1.54 bits per heavy atom. The minimum atomic E-state index is -0.676. The average molecular weight is 185 g/mol. The highest BCUT2D eigenvalue weighted by atomic mass is 16.4. The van der Waals surface area contributed by atoms with Gasteiger partial charge in [-0.25, -0.2) is 0 Å². The maximum absolute atomic E-state index is 10.3. The lowest BCUT2D eigenvalue weighted by atomic mass is 10.0. The van der Waals surface area contributed by atoms with Gasteiger partial charge >= 0.3 is 5.97 Å². The van der Waals surface area contributed by atoms with Crippen molar-refractivity contribution in [3.05, 3.63) is 0 Å². The summed E-state index contributed by atoms with van der Waals surface area (Å²) in [7, 11) is 0. The topological polar surface area (TPSA) is 40.5 Å². The number of hydrogen-bond acceptors (Lipinski definition) is 2. The van der Waals surface area contributed by atoms with Crippen LogP contribution in [0.5, 0.6) is 0 Å². The molecular formula is C10H19NO2. The summed E-state index contributed by atoms with van der Waals surface area (Å²) >= 11 is 0. The van der Waals surface area contributed by atoms with Gasteiger partial charge in [0.1, 0.15) is 0 Å². The van der Waals surface area contributed by atoms with Crippen LogP contribution >= 0.6 is 0 Å². The molecule has 1 atom stereocenters. The molecule has 3 nitrogen and oxygen atoms in total. The summed E-state index contributed by atoms with van der Waals surface area (Å²) < 4.78 is 0. The smallest absolute Gasteiger partial charge is 0.303 e. The molecule has 0 saturated carbocycles. The number of carbonyl (C=O) groups is 1. The van der Waals surface area contributed by atoms with E-state index in [2.05, 4.69) is 11.8 Å². The van der Waals surface area contributed by atoms with Gasteiger partial charge < -0.3 is 10.0 Å². The third-order valence-electron chi connectivity index (χ3n) is 2.78. The number of hydrogen-bond donors (Lipinski definition) is 1. The fourth-order valence-corrected chi connectivity index (χ4v) is 1.92. The molecule has 0 amide bonds. The highest BCUT2D eigenvalue weighted by Gasteiger charge is 2.17. The first-order valence-corrected chi connectivity index (χ1v) is 5.16. The van der Waals surface area contributed by atoms with Crippen molar-refractivity contribution in [3.8, 4) is 0 Å². The Hall–Kier alpha value is -0.570. The second kappa shape index (κ2) is 5.22. The number of nitrogens with zero attached hydrogens (tertiary/aromatic N) is 1. The first-order chi connectivity index (χ1) is 6.20. The zero-order chi connectivity index (χ0) is 9.68. The predicted octanol–water partition coefficient (Wildman–Crippen LogP) is 1.73. The van der Waals surface area contributed by atoms with Crippen LogP contribution < -0.4 is 0 Å². The number of carboxylic acid groups (broad SMARTS) is 1. The van der Waals surface area contributed by atoms with Crippen LogP contribution in [0.15, 0.2) is 0 Å². The van der Waals surface area contributed by atoms with E-state index in [0.29, 0.717) is 12.5 Å². The SMILES string of the molecule is C[C@@H]1CCCCN1CCCC(=O)O. The molecule has 0 radical (unpaired) electrons. The molecule has 1 fully saturated rings. The standard InChI is InChI=1S/C10H19NO2/c1-9-5-2-3-7-11(9)8-4-6-10(12)13/h9H,2-8H2,1H3,(H,12,13)/t9-/m1/s1. The third kappa shape index (κ3) is 3.77. The maximum Gasteiger partial charge on any atom is 0.303 e. The maximum atomic E-state index is 10.3. The van der Waals surface area contributed by atoms with Gasteiger partial charge in [-0.05, 0) is 39.3 Å². The van der Waals surface area contributed by atoms with Crippen LogP contribution in [0.2, 0.25) is 0 Å². The van der Waals surface area contributed by atoms with Crippen molar-refractivity contribution in [2.75, 3.05) is 13.1 Å². The summed E-state index contributed by atoms with van der Waals surface area (Å²) in [6.07, 6.45) is 4.98. The Kier molecular flexibility index (Phi) is 4.22. The van der Waals surface area contributed by atoms with Crippen LogP contribution in [0.4, 0.5) is 0 Å². The molecule has 0 aliphatic carbocycles. The predicted molar refractivity (Wildman–Crippen MR) is 51.8 cm³/mol. The van der Waals surface area contributed by atoms with Crippen LogP contribution in [0, 0.1) is 0 Å². The van der Waals surface area contributed by atoms with Crippen LogP contribution in [-0.2, 0) is 4.79 Å². The van der Waals surface area contributed by atoms with Crippen molar-refractivity contribution in [3.63, 3.8) is 0 Å². The Labute approximate surface area is 79.7 Å². The summed E-state index contributed by atoms with van der Waals surface area (Å²) in [6.45, 7) is 4.34. The number of carboxylic acids is 1. The lowest BCUT2D eigenvalue weighted by Crippen LogP contribution is -2.38. The van der Waals surface area contributed by atoms with E-state index in [0.717, 1.165) is 19.5 Å². The zero-order valence-electron chi connectivity index (χ0n) is 8.33. The fraction of sp³-hybridized carbons (Fsp3) is 0.900. The van der Waals surface area contributed by atoms with E-state index >= 15 is 0 Å². The molecule has 0 bridgehead atoms. The molecule has 1 aliphatic rings. The number of piperidine rings is 1. The van der Waals surface area contributed by atoms with Crippen molar-refractivity contribution in [2.45, 2.75) is 45.1 Å². The monoisotopic (exact) mass is 185 g/mol. The number of aliphatic carboxylic acids is 1. The van der Waals surface area contributed by atoms with Crippen molar-refractivity contribution >= 4 is 5.97 Å². The molecule has 1 heterocycles. The van der Waals surface area contributed by atoms with Crippen molar-refractivity contribution < 1.29 is 9.90 Å². The lowest BCUT2D eigenvalue weighted by Gasteiger charge is -2.33. The number of rotatable bonds is 4. The molecule has 0 aromatic heterocycles. The summed E-state index contributed by atoms with van der Waals surface area (Å²) in [5.41, 5.74) is 0. The highest BCUT2D eigenvalue weighted by molar-refractivity contribution is 5.66. The van der Waals surface area contributed by atoms with Crippen molar-refractivity contribution in [1.82, 2.24) is 4.90 Å². The molecule has 1 N–H and O–H groups in total. The fourth-order valence-electron chi connectivity index (χ4n) is 1.92. The normalized spacial score (nSPS) is 24.5. The molecule has 76 valence electrons. The van der Waals surface area contributed by atoms with E-state index in [9.17, 15) is 4.79 Å². The van der Waals surface area contributed by atoms with Gasteiger partial charge in [-0.15, -0.1) is 0 Å². The Balaban J connectivity index is 2.15. The van der Waals surface area contributed by atoms with E-state index in [1.165, 1.54) is 19.3 Å². The van der Waals surface area contributed by atoms with Crippen LogP contribution in [-0.4, -0.2) is 35.1 Å². The molecule has 0 spiro atoms. The van der Waals surface area contributed by atoms with E-state index in [-0.39, 0.29) is 0 Å². The third-order valence-corrected chi connectivity index (χ3v) is 2.78. The quantitative estimate of drug-likeness (QED) is 0.725. The van der Waals surface area contributed by atoms with Gasteiger partial charge in [-0.2, -0.15) is 0 Å². The first kappa shape index (κ1) is 10.5. The Morgan fingerprint density at radius 3 is 2.92 bits per heavy atom. The molecule has 1 aliphatic heterocycles. The molecule has 0 aromatic rings. The first-order valence-electron chi connectivity index (χ1n) is 5.16. The second-order valence-corrected chi connectivity index (χ2v) is 3.88. The largest absolute Gasteiger partial charge is 0.481 e. The molecule has 0 aromatic carbocycles. The highest BCUT2D eigenvalue weighted by Crippen LogP contribution is 2.16. The van der Waals surface area contributed by atoms with E-state index in [1.54, 1.807) is 0 Å². The molecule has 1 rings (SSSR count). The van der Waals surface area contributed by atoms with Gasteiger partial charge in [0.05, 0.1) is 0 Å². The summed E-state index contributed by atoms with van der Waals surface area (Å²) in [5, 5.41) is 8.49. The molecule has 13 heavy (non-hydrogen) atoms. The van der Waals surface area contributed by atoms with Gasteiger partial charge in [0.2, 0.25) is 0 Å². The van der Waals surface area contributed by atoms with Gasteiger partial charge in [0.25, 0.3) is 0 Å². The van der Waals surface area contributed by atoms with E-state index in [4.69, 9.17) is 5.11 Å². The van der Waals surface area contributed by atoms with Crippen LogP contribution in [0.25, 0.3) is 0 Å². The molecule has 0 unspecified atom stereocenters. The molecule has 1 saturated heterocycles. The second-order valence-electron chi connectivity index (χ2n) is 3.88. The van der Waals surface area contributed by atoms with E-state index in [1.807, 2.05) is 0 Å². The molecule has 3 heteroatoms. The lowest BCUT2D eigenvalue weighted by molar-refractivity contribution is -0.137. The zero-order valence-corrected chi connectivity index (χ0v) is 8.33. The average Bonchev–Trinajstić information content (AvgIpc) is 2.08.